The van der Waals surface area contributed by atoms with Crippen LogP contribution in [0.5, 0.6) is 5.75 Å². The molecular weight excluding hydrogens is 781 g/mol. The van der Waals surface area contributed by atoms with Gasteiger partial charge in [0.05, 0.1) is 6.10 Å². The molecule has 0 spiro atoms. The zero-order valence-corrected chi connectivity index (χ0v) is 39.8. The molecule has 1 saturated carbocycles. The SMILES string of the molecule is C=CC(F)(C=CC)c1cc(NC(=O)CCC(C)c2ccc(SCCCCC(C)C(=N)CCCC)c(C(F)(CC)C(=C)C)c2)ccc1OC1CCCC(CCC(=N)C(C)CC)C1. The third-order valence-electron chi connectivity index (χ3n) is 13.1. The van der Waals surface area contributed by atoms with Gasteiger partial charge >= 0.3 is 0 Å². The number of allylic oxidation sites excluding steroid dienone is 4. The van der Waals surface area contributed by atoms with E-state index in [4.69, 9.17) is 15.6 Å². The molecule has 1 aliphatic carbocycles. The van der Waals surface area contributed by atoms with Crippen LogP contribution in [0.15, 0.2) is 78.3 Å². The molecule has 0 aliphatic heterocycles. The van der Waals surface area contributed by atoms with Crippen molar-refractivity contribution in [1.29, 1.82) is 10.8 Å². The van der Waals surface area contributed by atoms with E-state index in [2.05, 4.69) is 59.2 Å². The summed E-state index contributed by atoms with van der Waals surface area (Å²) < 4.78 is 39.9. The smallest absolute Gasteiger partial charge is 0.224 e. The van der Waals surface area contributed by atoms with Gasteiger partial charge in [0.2, 0.25) is 5.91 Å². The highest BCUT2D eigenvalue weighted by atomic mass is 32.2. The van der Waals surface area contributed by atoms with Crippen LogP contribution in [0.25, 0.3) is 0 Å². The summed E-state index contributed by atoms with van der Waals surface area (Å²) in [7, 11) is 0. The van der Waals surface area contributed by atoms with Crippen molar-refractivity contribution in [3.63, 3.8) is 0 Å². The minimum atomic E-state index is -1.99. The second-order valence-corrected chi connectivity index (χ2v) is 19.0. The standard InChI is InChI=1S/C53H79F2N3O2S/c1-11-16-23-47(56)40(10)20-17-18-33-61-50-30-26-42(35-46(50)53(55,15-5)37(6)7)39(9)24-31-51(59)58-43-27-29-49(45(36-43)52(54,14-4)32-12-2)60-44-22-19-21-41(34-44)25-28-48(57)38(8)13-3/h12,14,26-27,29-30,32,35-36,38-41,44,56-57H,4,6,11,13,15-25,28,31,33-34H2,1-3,5,7-10H3,(H,58,59). The van der Waals surface area contributed by atoms with E-state index in [1.54, 1.807) is 49.9 Å². The summed E-state index contributed by atoms with van der Waals surface area (Å²) in [6.07, 6.45) is 18.2. The summed E-state index contributed by atoms with van der Waals surface area (Å²) in [6, 6.07) is 11.3. The Kier molecular flexibility index (Phi) is 21.7. The monoisotopic (exact) mass is 860 g/mol. The highest BCUT2D eigenvalue weighted by molar-refractivity contribution is 7.99. The maximum Gasteiger partial charge on any atom is 0.224 e. The summed E-state index contributed by atoms with van der Waals surface area (Å²) in [5.41, 5.74) is 0.915. The van der Waals surface area contributed by atoms with E-state index in [1.807, 2.05) is 19.1 Å². The highest BCUT2D eigenvalue weighted by Gasteiger charge is 2.35. The van der Waals surface area contributed by atoms with Crippen molar-refractivity contribution >= 4 is 34.8 Å². The molecule has 61 heavy (non-hydrogen) atoms. The normalized spacial score (nSPS) is 19.0. The van der Waals surface area contributed by atoms with Crippen molar-refractivity contribution in [3.8, 4) is 5.75 Å². The number of alkyl halides is 2. The van der Waals surface area contributed by atoms with Crippen LogP contribution in [0.2, 0.25) is 0 Å². The average molecular weight is 860 g/mol. The zero-order chi connectivity index (χ0) is 45.2. The van der Waals surface area contributed by atoms with Crippen molar-refractivity contribution in [2.75, 3.05) is 11.1 Å². The van der Waals surface area contributed by atoms with Gasteiger partial charge in [-0.1, -0.05) is 92.2 Å². The number of hydrogen-bond acceptors (Lipinski definition) is 5. The molecule has 0 bridgehead atoms. The molecule has 0 saturated heterocycles. The maximum atomic E-state index is 16.7. The number of carbonyl (C=O) groups excluding carboxylic acids is 1. The zero-order valence-electron chi connectivity index (χ0n) is 39.0. The Morgan fingerprint density at radius 1 is 0.967 bits per heavy atom. The molecule has 1 amide bonds. The van der Waals surface area contributed by atoms with Crippen LogP contribution < -0.4 is 10.1 Å². The van der Waals surface area contributed by atoms with Gasteiger partial charge in [-0.25, -0.2) is 8.78 Å². The molecule has 0 radical (unpaired) electrons. The van der Waals surface area contributed by atoms with Gasteiger partial charge in [-0.3, -0.25) is 4.79 Å². The molecule has 3 N–H and O–H groups in total. The number of rotatable bonds is 28. The third-order valence-corrected chi connectivity index (χ3v) is 14.3. The number of ether oxygens (including phenoxy) is 1. The fourth-order valence-electron chi connectivity index (χ4n) is 8.44. The molecule has 7 atom stereocenters. The number of amides is 1. The minimum Gasteiger partial charge on any atom is -0.490 e. The van der Waals surface area contributed by atoms with Crippen LogP contribution in [0, 0.1) is 28.6 Å². The average Bonchev–Trinajstić information content (AvgIpc) is 3.26. The molecule has 1 fully saturated rings. The first kappa shape index (κ1) is 51.8. The molecule has 0 heterocycles. The van der Waals surface area contributed by atoms with E-state index in [-0.39, 0.29) is 30.8 Å². The first-order valence-corrected chi connectivity index (χ1v) is 24.4. The predicted octanol–water partition coefficient (Wildman–Crippen LogP) is 16.2. The Balaban J connectivity index is 1.71. The molecule has 2 aromatic rings. The number of benzene rings is 2. The predicted molar refractivity (Wildman–Crippen MR) is 259 cm³/mol. The Morgan fingerprint density at radius 3 is 2.36 bits per heavy atom. The van der Waals surface area contributed by atoms with Gasteiger partial charge in [0.1, 0.15) is 5.75 Å². The number of nitrogens with one attached hydrogen (secondary N) is 3. The van der Waals surface area contributed by atoms with Crippen LogP contribution in [0.3, 0.4) is 0 Å². The second kappa shape index (κ2) is 25.6. The van der Waals surface area contributed by atoms with Crippen LogP contribution in [-0.2, 0) is 16.1 Å². The van der Waals surface area contributed by atoms with Gasteiger partial charge in [0.25, 0.3) is 0 Å². The van der Waals surface area contributed by atoms with E-state index < -0.39 is 11.3 Å². The molecule has 1 aliphatic rings. The Labute approximate surface area is 373 Å². The number of hydrogen-bond donors (Lipinski definition) is 3. The Hall–Kier alpha value is -3.52. The lowest BCUT2D eigenvalue weighted by Gasteiger charge is -2.32. The lowest BCUT2D eigenvalue weighted by molar-refractivity contribution is -0.116. The molecule has 0 aromatic heterocycles. The minimum absolute atomic E-state index is 0.0143. The fourth-order valence-corrected chi connectivity index (χ4v) is 9.54. The first-order chi connectivity index (χ1) is 29.0. The van der Waals surface area contributed by atoms with Crippen molar-refractivity contribution < 1.29 is 18.3 Å². The topological polar surface area (TPSA) is 86.0 Å². The summed E-state index contributed by atoms with van der Waals surface area (Å²) >= 11 is 1.69. The lowest BCUT2D eigenvalue weighted by atomic mass is 9.82. The molecule has 3 rings (SSSR count). The highest BCUT2D eigenvalue weighted by Crippen LogP contribution is 2.44. The second-order valence-electron chi connectivity index (χ2n) is 17.9. The maximum absolute atomic E-state index is 16.7. The van der Waals surface area contributed by atoms with Gasteiger partial charge in [0.15, 0.2) is 11.3 Å². The van der Waals surface area contributed by atoms with Crippen LogP contribution in [0.4, 0.5) is 14.5 Å². The Bertz CT molecular complexity index is 1790. The van der Waals surface area contributed by atoms with Gasteiger partial charge in [0, 0.05) is 39.6 Å². The summed E-state index contributed by atoms with van der Waals surface area (Å²) in [4.78, 5) is 14.4. The number of unbranched alkanes of at least 4 members (excludes halogenated alkanes) is 2. The van der Waals surface area contributed by atoms with Crippen molar-refractivity contribution in [1.82, 2.24) is 0 Å². The fraction of sp³-hybridized carbons (Fsp3) is 0.604. The van der Waals surface area contributed by atoms with E-state index in [0.29, 0.717) is 52.3 Å². The Morgan fingerprint density at radius 2 is 1.70 bits per heavy atom. The van der Waals surface area contributed by atoms with E-state index in [9.17, 15) is 4.79 Å². The summed E-state index contributed by atoms with van der Waals surface area (Å²) in [5.74, 6) is 2.20. The van der Waals surface area contributed by atoms with Crippen molar-refractivity contribution in [2.45, 2.75) is 186 Å². The lowest BCUT2D eigenvalue weighted by Crippen LogP contribution is -2.27. The van der Waals surface area contributed by atoms with Crippen molar-refractivity contribution in [2.24, 2.45) is 17.8 Å². The van der Waals surface area contributed by atoms with Gasteiger partial charge in [-0.15, -0.1) is 11.8 Å². The number of halogens is 2. The van der Waals surface area contributed by atoms with Crippen LogP contribution >= 0.6 is 11.8 Å². The molecule has 5 nitrogen and oxygen atoms in total. The molecule has 2 aromatic carbocycles. The van der Waals surface area contributed by atoms with Crippen LogP contribution in [-0.4, -0.2) is 29.2 Å². The number of carbonyl (C=O) groups is 1. The summed E-state index contributed by atoms with van der Waals surface area (Å²) in [5, 5.41) is 19.8. The largest absolute Gasteiger partial charge is 0.490 e. The molecule has 8 heteroatoms. The number of thioether (sulfide) groups is 1. The third kappa shape index (κ3) is 15.4. The van der Waals surface area contributed by atoms with E-state index in [0.717, 1.165) is 111 Å². The van der Waals surface area contributed by atoms with Gasteiger partial charge in [-0.2, -0.15) is 0 Å². The van der Waals surface area contributed by atoms with E-state index >= 15 is 8.78 Å². The molecular formula is C53H79F2N3O2S. The summed E-state index contributed by atoms with van der Waals surface area (Å²) in [6.45, 7) is 23.9. The quantitative estimate of drug-likeness (QED) is 0.0345. The van der Waals surface area contributed by atoms with Gasteiger partial charge < -0.3 is 20.9 Å². The van der Waals surface area contributed by atoms with Crippen molar-refractivity contribution in [3.05, 3.63) is 90.0 Å². The first-order valence-electron chi connectivity index (χ1n) is 23.4. The van der Waals surface area contributed by atoms with E-state index in [1.165, 1.54) is 12.2 Å². The van der Waals surface area contributed by atoms with Gasteiger partial charge in [-0.05, 0) is 168 Å². The molecule has 338 valence electrons. The molecule has 7 unspecified atom stereocenters. The van der Waals surface area contributed by atoms with Crippen LogP contribution in [0.1, 0.15) is 181 Å². The number of anilines is 1.